The predicted molar refractivity (Wildman–Crippen MR) is 79.2 cm³/mol. The van der Waals surface area contributed by atoms with Gasteiger partial charge in [-0.05, 0) is 0 Å². The van der Waals surface area contributed by atoms with Crippen molar-refractivity contribution >= 4 is 11.6 Å². The first-order chi connectivity index (χ1) is 9.65. The molecule has 0 unspecified atom stereocenters. The fourth-order valence-corrected chi connectivity index (χ4v) is 1.02. The molecule has 0 amide bonds. The van der Waals surface area contributed by atoms with E-state index in [1.807, 2.05) is 32.8 Å². The van der Waals surface area contributed by atoms with Crippen LogP contribution in [0.25, 0.3) is 0 Å². The molecule has 0 saturated carbocycles. The minimum Gasteiger partial charge on any atom is -0.371 e. The lowest BCUT2D eigenvalue weighted by molar-refractivity contribution is 0.618. The summed E-state index contributed by atoms with van der Waals surface area (Å²) in [5.41, 5.74) is 0. The maximum atomic E-state index is 12.4. The first-order valence-electron chi connectivity index (χ1n) is 6.21. The summed E-state index contributed by atoms with van der Waals surface area (Å²) in [5, 5.41) is 2.57. The van der Waals surface area contributed by atoms with Gasteiger partial charge in [0.25, 0.3) is 0 Å². The monoisotopic (exact) mass is 280 g/mol. The Hall–Kier alpha value is -2.31. The van der Waals surface area contributed by atoms with Crippen molar-refractivity contribution in [2.45, 2.75) is 13.8 Å². The summed E-state index contributed by atoms with van der Waals surface area (Å²) >= 11 is 0. The van der Waals surface area contributed by atoms with Gasteiger partial charge < -0.3 is 10.2 Å². The molecule has 2 heterocycles. The Morgan fingerprint density at radius 3 is 2.10 bits per heavy atom. The molecule has 0 radical (unpaired) electrons. The van der Waals surface area contributed by atoms with E-state index in [1.165, 1.54) is 6.33 Å². The maximum absolute atomic E-state index is 12.4. The third kappa shape index (κ3) is 6.58. The predicted octanol–water partition coefficient (Wildman–Crippen LogP) is 2.23. The largest absolute Gasteiger partial charge is 0.371 e. The number of anilines is 2. The highest BCUT2D eigenvalue weighted by Gasteiger charge is 1.96. The van der Waals surface area contributed by atoms with Crippen LogP contribution in [0.15, 0.2) is 31.1 Å². The van der Waals surface area contributed by atoms with Crippen LogP contribution in [0.5, 0.6) is 0 Å². The van der Waals surface area contributed by atoms with Crippen LogP contribution in [-0.2, 0) is 0 Å². The molecular formula is C13H21FN6. The number of nitrogens with one attached hydrogen (secondary N) is 1. The van der Waals surface area contributed by atoms with Crippen molar-refractivity contribution in [3.8, 4) is 0 Å². The molecule has 0 aliphatic carbocycles. The second kappa shape index (κ2) is 10.6. The lowest BCUT2D eigenvalue weighted by atomic mass is 10.5. The molecule has 6 nitrogen and oxygen atoms in total. The van der Waals surface area contributed by atoms with Gasteiger partial charge in [0.2, 0.25) is 0 Å². The Morgan fingerprint density at radius 1 is 1.05 bits per heavy atom. The van der Waals surface area contributed by atoms with Crippen LogP contribution in [0.4, 0.5) is 16.0 Å². The van der Waals surface area contributed by atoms with Gasteiger partial charge in [-0.15, -0.1) is 0 Å². The van der Waals surface area contributed by atoms with E-state index in [4.69, 9.17) is 0 Å². The Kier molecular flexibility index (Phi) is 9.37. The minimum absolute atomic E-state index is 0.227. The van der Waals surface area contributed by atoms with E-state index < -0.39 is 5.82 Å². The standard InChI is InChI=1S/C6H9N3.C5H6FN3.C2H6/c1-9(2)6-5-7-3-4-8-6;1-7-5-4(6)2-8-3-9-5;1-2/h3-5H,1-2H3;2-3H,1H3,(H,7,8,9);1-2H3. The lowest BCUT2D eigenvalue weighted by Crippen LogP contribution is -2.10. The first kappa shape index (κ1) is 17.7. The molecule has 0 atom stereocenters. The van der Waals surface area contributed by atoms with Crippen molar-refractivity contribution in [3.63, 3.8) is 0 Å². The van der Waals surface area contributed by atoms with Crippen LogP contribution >= 0.6 is 0 Å². The normalized spacial score (nSPS) is 8.50. The van der Waals surface area contributed by atoms with Crippen molar-refractivity contribution in [1.82, 2.24) is 19.9 Å². The summed E-state index contributed by atoms with van der Waals surface area (Å²) in [7, 11) is 5.47. The Balaban J connectivity index is 0.000000321. The molecular weight excluding hydrogens is 259 g/mol. The highest BCUT2D eigenvalue weighted by molar-refractivity contribution is 5.32. The van der Waals surface area contributed by atoms with E-state index in [0.29, 0.717) is 0 Å². The van der Waals surface area contributed by atoms with Crippen molar-refractivity contribution < 1.29 is 4.39 Å². The number of aromatic nitrogens is 4. The van der Waals surface area contributed by atoms with E-state index in [0.717, 1.165) is 12.0 Å². The molecule has 0 aromatic carbocycles. The van der Waals surface area contributed by atoms with Crippen molar-refractivity contribution in [1.29, 1.82) is 0 Å². The highest BCUT2D eigenvalue weighted by atomic mass is 19.1. The summed E-state index contributed by atoms with van der Waals surface area (Å²) in [4.78, 5) is 16.9. The van der Waals surface area contributed by atoms with Crippen molar-refractivity contribution in [2.75, 3.05) is 31.4 Å². The number of halogens is 1. The van der Waals surface area contributed by atoms with Gasteiger partial charge in [-0.1, -0.05) is 13.8 Å². The molecule has 0 fully saturated rings. The van der Waals surface area contributed by atoms with Gasteiger partial charge in [0.15, 0.2) is 11.6 Å². The number of rotatable bonds is 2. The van der Waals surface area contributed by atoms with Crippen LogP contribution in [-0.4, -0.2) is 41.1 Å². The molecule has 2 rings (SSSR count). The molecule has 110 valence electrons. The third-order valence-electron chi connectivity index (χ3n) is 1.91. The topological polar surface area (TPSA) is 66.8 Å². The quantitative estimate of drug-likeness (QED) is 0.910. The zero-order valence-corrected chi connectivity index (χ0v) is 12.5. The van der Waals surface area contributed by atoms with Gasteiger partial charge in [0.1, 0.15) is 12.1 Å². The van der Waals surface area contributed by atoms with Gasteiger partial charge in [-0.2, -0.15) is 0 Å². The minimum atomic E-state index is -0.431. The van der Waals surface area contributed by atoms with E-state index >= 15 is 0 Å². The molecule has 0 aliphatic rings. The van der Waals surface area contributed by atoms with E-state index in [9.17, 15) is 4.39 Å². The molecule has 0 bridgehead atoms. The van der Waals surface area contributed by atoms with Crippen LogP contribution in [0.3, 0.4) is 0 Å². The second-order valence-corrected chi connectivity index (χ2v) is 3.43. The average molecular weight is 280 g/mol. The number of hydrogen-bond acceptors (Lipinski definition) is 6. The molecule has 2 aromatic rings. The smallest absolute Gasteiger partial charge is 0.183 e. The van der Waals surface area contributed by atoms with Gasteiger partial charge in [0.05, 0.1) is 12.4 Å². The molecule has 20 heavy (non-hydrogen) atoms. The Morgan fingerprint density at radius 2 is 1.75 bits per heavy atom. The summed E-state index contributed by atoms with van der Waals surface area (Å²) in [6.45, 7) is 4.00. The van der Waals surface area contributed by atoms with Gasteiger partial charge in [0, 0.05) is 33.5 Å². The fourth-order valence-electron chi connectivity index (χ4n) is 1.02. The SMILES string of the molecule is CC.CN(C)c1cnccn1.CNc1ncncc1F. The third-order valence-corrected chi connectivity index (χ3v) is 1.91. The van der Waals surface area contributed by atoms with Gasteiger partial charge in [-0.3, -0.25) is 4.98 Å². The van der Waals surface area contributed by atoms with E-state index in [-0.39, 0.29) is 5.82 Å². The van der Waals surface area contributed by atoms with Crippen molar-refractivity contribution in [2.24, 2.45) is 0 Å². The zero-order valence-electron chi connectivity index (χ0n) is 12.5. The van der Waals surface area contributed by atoms with Crippen LogP contribution in [0.1, 0.15) is 13.8 Å². The Labute approximate surface area is 119 Å². The molecule has 1 N–H and O–H groups in total. The maximum Gasteiger partial charge on any atom is 0.183 e. The Bertz CT molecular complexity index is 463. The molecule has 0 saturated heterocycles. The molecule has 0 spiro atoms. The second-order valence-electron chi connectivity index (χ2n) is 3.43. The van der Waals surface area contributed by atoms with Crippen LogP contribution in [0.2, 0.25) is 0 Å². The summed E-state index contributed by atoms with van der Waals surface area (Å²) in [6, 6.07) is 0. The van der Waals surface area contributed by atoms with Crippen LogP contribution < -0.4 is 10.2 Å². The van der Waals surface area contributed by atoms with Gasteiger partial charge >= 0.3 is 0 Å². The van der Waals surface area contributed by atoms with Crippen molar-refractivity contribution in [3.05, 3.63) is 36.9 Å². The summed E-state index contributed by atoms with van der Waals surface area (Å²) in [6.07, 6.45) is 7.45. The lowest BCUT2D eigenvalue weighted by Gasteiger charge is -2.08. The summed E-state index contributed by atoms with van der Waals surface area (Å²) in [5.74, 6) is 0.683. The van der Waals surface area contributed by atoms with Gasteiger partial charge in [-0.25, -0.2) is 19.3 Å². The number of hydrogen-bond donors (Lipinski definition) is 1. The van der Waals surface area contributed by atoms with E-state index in [2.05, 4.69) is 25.3 Å². The van der Waals surface area contributed by atoms with Crippen LogP contribution in [0, 0.1) is 5.82 Å². The molecule has 0 aliphatic heterocycles. The molecule has 7 heteroatoms. The fraction of sp³-hybridized carbons (Fsp3) is 0.385. The molecule has 2 aromatic heterocycles. The first-order valence-corrected chi connectivity index (χ1v) is 6.21. The zero-order chi connectivity index (χ0) is 15.4. The summed E-state index contributed by atoms with van der Waals surface area (Å²) < 4.78 is 12.4. The number of nitrogens with zero attached hydrogens (tertiary/aromatic N) is 5. The highest BCUT2D eigenvalue weighted by Crippen LogP contribution is 2.03. The average Bonchev–Trinajstić information content (AvgIpc) is 2.51. The van der Waals surface area contributed by atoms with E-state index in [1.54, 1.807) is 25.6 Å².